The Labute approximate surface area is 156 Å². The zero-order chi connectivity index (χ0) is 19.0. The van der Waals surface area contributed by atoms with Gasteiger partial charge in [0.1, 0.15) is 5.54 Å². The van der Waals surface area contributed by atoms with Crippen molar-refractivity contribution < 1.29 is 9.59 Å². The molecule has 3 aromatic carbocycles. The lowest BCUT2D eigenvalue weighted by atomic mass is 9.88. The quantitative estimate of drug-likeness (QED) is 0.729. The Kier molecular flexibility index (Phi) is 3.89. The van der Waals surface area contributed by atoms with E-state index in [-0.39, 0.29) is 12.5 Å². The maximum Gasteiger partial charge on any atom is 0.325 e. The first-order valence-corrected chi connectivity index (χ1v) is 8.64. The maximum atomic E-state index is 13.2. The van der Waals surface area contributed by atoms with E-state index in [1.165, 1.54) is 4.90 Å². The van der Waals surface area contributed by atoms with Crippen LogP contribution in [0.4, 0.5) is 4.79 Å². The molecule has 0 aliphatic carbocycles. The Morgan fingerprint density at radius 3 is 2.44 bits per heavy atom. The van der Waals surface area contributed by atoms with Crippen LogP contribution in [0, 0.1) is 11.3 Å². The van der Waals surface area contributed by atoms with Crippen LogP contribution in [0.2, 0.25) is 0 Å². The second-order valence-corrected chi connectivity index (χ2v) is 6.78. The molecule has 1 fully saturated rings. The van der Waals surface area contributed by atoms with Gasteiger partial charge in [-0.15, -0.1) is 0 Å². The van der Waals surface area contributed by atoms with E-state index in [0.29, 0.717) is 5.56 Å². The van der Waals surface area contributed by atoms with Gasteiger partial charge in [-0.1, -0.05) is 54.6 Å². The smallest absolute Gasteiger partial charge is 0.319 e. The molecule has 0 aromatic heterocycles. The molecule has 3 amide bonds. The first-order chi connectivity index (χ1) is 13.0. The fraction of sp³-hybridized carbons (Fsp3) is 0.136. The molecular formula is C22H17N3O2. The molecule has 0 unspecified atom stereocenters. The number of urea groups is 1. The molecule has 0 saturated carbocycles. The Bertz CT molecular complexity index is 1090. The lowest BCUT2D eigenvalue weighted by molar-refractivity contribution is -0.131. The molecule has 132 valence electrons. The molecule has 1 heterocycles. The summed E-state index contributed by atoms with van der Waals surface area (Å²) in [5.41, 5.74) is 0.988. The zero-order valence-corrected chi connectivity index (χ0v) is 14.8. The average Bonchev–Trinajstić information content (AvgIpc) is 2.92. The van der Waals surface area contributed by atoms with E-state index in [1.807, 2.05) is 42.5 Å². The summed E-state index contributed by atoms with van der Waals surface area (Å²) >= 11 is 0. The van der Waals surface area contributed by atoms with Crippen LogP contribution in [-0.4, -0.2) is 16.8 Å². The van der Waals surface area contributed by atoms with Gasteiger partial charge in [0.15, 0.2) is 0 Å². The van der Waals surface area contributed by atoms with E-state index in [4.69, 9.17) is 5.26 Å². The molecule has 27 heavy (non-hydrogen) atoms. The molecule has 5 nitrogen and oxygen atoms in total. The topological polar surface area (TPSA) is 73.2 Å². The molecule has 0 bridgehead atoms. The highest BCUT2D eigenvalue weighted by Crippen LogP contribution is 2.34. The summed E-state index contributed by atoms with van der Waals surface area (Å²) in [7, 11) is 0. The molecule has 0 spiro atoms. The summed E-state index contributed by atoms with van der Waals surface area (Å²) in [6, 6.07) is 22.1. The Balaban J connectivity index is 1.70. The van der Waals surface area contributed by atoms with Gasteiger partial charge in [0.05, 0.1) is 18.2 Å². The minimum Gasteiger partial charge on any atom is -0.319 e. The number of carbonyl (C=O) groups excluding carboxylic acids is 2. The van der Waals surface area contributed by atoms with Crippen molar-refractivity contribution in [2.45, 2.75) is 19.0 Å². The van der Waals surface area contributed by atoms with Gasteiger partial charge in [-0.25, -0.2) is 4.79 Å². The number of nitriles is 1. The summed E-state index contributed by atoms with van der Waals surface area (Å²) in [5, 5.41) is 13.7. The van der Waals surface area contributed by atoms with E-state index < -0.39 is 11.6 Å². The number of amides is 3. The van der Waals surface area contributed by atoms with Gasteiger partial charge in [-0.05, 0) is 41.0 Å². The minimum atomic E-state index is -1.12. The second kappa shape index (κ2) is 6.26. The molecule has 1 aliphatic rings. The van der Waals surface area contributed by atoms with Crippen molar-refractivity contribution in [2.24, 2.45) is 0 Å². The summed E-state index contributed by atoms with van der Waals surface area (Å²) < 4.78 is 0. The molecule has 1 atom stereocenters. The largest absolute Gasteiger partial charge is 0.325 e. The SMILES string of the molecule is C[C@@]1(c2cccc3ccccc23)NC(=O)N(Cc2ccc(C#N)cc2)C1=O. The third-order valence-corrected chi connectivity index (χ3v) is 5.03. The van der Waals surface area contributed by atoms with E-state index in [1.54, 1.807) is 31.2 Å². The van der Waals surface area contributed by atoms with Gasteiger partial charge in [-0.3, -0.25) is 9.69 Å². The van der Waals surface area contributed by atoms with E-state index in [2.05, 4.69) is 11.4 Å². The third kappa shape index (κ3) is 2.72. The predicted molar refractivity (Wildman–Crippen MR) is 102 cm³/mol. The van der Waals surface area contributed by atoms with Crippen LogP contribution in [0.3, 0.4) is 0 Å². The maximum absolute atomic E-state index is 13.2. The summed E-state index contributed by atoms with van der Waals surface area (Å²) in [6.45, 7) is 1.91. The van der Waals surface area contributed by atoms with Gasteiger partial charge >= 0.3 is 6.03 Å². The number of hydrogen-bond donors (Lipinski definition) is 1. The van der Waals surface area contributed by atoms with Crippen LogP contribution < -0.4 is 5.32 Å². The van der Waals surface area contributed by atoms with Gasteiger partial charge in [0, 0.05) is 0 Å². The van der Waals surface area contributed by atoms with Gasteiger partial charge in [0.25, 0.3) is 5.91 Å². The second-order valence-electron chi connectivity index (χ2n) is 6.78. The Hall–Kier alpha value is -3.65. The van der Waals surface area contributed by atoms with Crippen molar-refractivity contribution in [2.75, 3.05) is 0 Å². The highest BCUT2D eigenvalue weighted by atomic mass is 16.2. The van der Waals surface area contributed by atoms with Crippen molar-refractivity contribution in [3.05, 3.63) is 83.4 Å². The van der Waals surface area contributed by atoms with Gasteiger partial charge in [0.2, 0.25) is 0 Å². The summed E-state index contributed by atoms with van der Waals surface area (Å²) in [4.78, 5) is 27.0. The standard InChI is InChI=1S/C22H17N3O2/c1-22(19-8-4-6-17-5-2-3-7-18(17)19)20(26)25(21(27)24-22)14-16-11-9-15(13-23)10-12-16/h2-12H,14H2,1H3,(H,24,27)/t22-/m0/s1. The number of imide groups is 1. The van der Waals surface area contributed by atoms with Gasteiger partial charge in [-0.2, -0.15) is 5.26 Å². The normalized spacial score (nSPS) is 19.2. The molecule has 1 aliphatic heterocycles. The van der Waals surface area contributed by atoms with Crippen LogP contribution >= 0.6 is 0 Å². The molecule has 1 saturated heterocycles. The monoisotopic (exact) mass is 355 g/mol. The number of rotatable bonds is 3. The van der Waals surface area contributed by atoms with Crippen LogP contribution in [0.25, 0.3) is 10.8 Å². The number of nitrogens with one attached hydrogen (secondary N) is 1. The molecular weight excluding hydrogens is 338 g/mol. The zero-order valence-electron chi connectivity index (χ0n) is 14.8. The van der Waals surface area contributed by atoms with Crippen LogP contribution in [0.15, 0.2) is 66.7 Å². The van der Waals surface area contributed by atoms with E-state index in [9.17, 15) is 9.59 Å². The highest BCUT2D eigenvalue weighted by molar-refractivity contribution is 6.09. The molecule has 3 aromatic rings. The van der Waals surface area contributed by atoms with Crippen LogP contribution in [-0.2, 0) is 16.9 Å². The Morgan fingerprint density at radius 1 is 1.00 bits per heavy atom. The van der Waals surface area contributed by atoms with Gasteiger partial charge < -0.3 is 5.32 Å². The van der Waals surface area contributed by atoms with E-state index in [0.717, 1.165) is 21.9 Å². The van der Waals surface area contributed by atoms with Crippen molar-refractivity contribution in [3.8, 4) is 6.07 Å². The van der Waals surface area contributed by atoms with Crippen molar-refractivity contribution in [1.82, 2.24) is 10.2 Å². The third-order valence-electron chi connectivity index (χ3n) is 5.03. The fourth-order valence-electron chi connectivity index (χ4n) is 3.55. The Morgan fingerprint density at radius 2 is 1.70 bits per heavy atom. The summed E-state index contributed by atoms with van der Waals surface area (Å²) in [5.74, 6) is -0.284. The van der Waals surface area contributed by atoms with Crippen molar-refractivity contribution >= 4 is 22.7 Å². The molecule has 4 rings (SSSR count). The molecule has 5 heteroatoms. The first-order valence-electron chi connectivity index (χ1n) is 8.64. The first kappa shape index (κ1) is 16.8. The van der Waals surface area contributed by atoms with Crippen molar-refractivity contribution in [1.29, 1.82) is 5.26 Å². The lowest BCUT2D eigenvalue weighted by Gasteiger charge is -2.24. The highest BCUT2D eigenvalue weighted by Gasteiger charge is 2.49. The molecule has 0 radical (unpaired) electrons. The average molecular weight is 355 g/mol. The summed E-state index contributed by atoms with van der Waals surface area (Å²) in [6.07, 6.45) is 0. The number of fused-ring (bicyclic) bond motifs is 1. The lowest BCUT2D eigenvalue weighted by Crippen LogP contribution is -2.41. The number of hydrogen-bond acceptors (Lipinski definition) is 3. The van der Waals surface area contributed by atoms with Crippen LogP contribution in [0.1, 0.15) is 23.6 Å². The predicted octanol–water partition coefficient (Wildman–Crippen LogP) is 3.68. The number of nitrogens with zero attached hydrogens (tertiary/aromatic N) is 2. The van der Waals surface area contributed by atoms with E-state index >= 15 is 0 Å². The molecule has 1 N–H and O–H groups in total. The number of carbonyl (C=O) groups is 2. The van der Waals surface area contributed by atoms with Crippen molar-refractivity contribution in [3.63, 3.8) is 0 Å². The van der Waals surface area contributed by atoms with Crippen LogP contribution in [0.5, 0.6) is 0 Å². The minimum absolute atomic E-state index is 0.163. The fourth-order valence-corrected chi connectivity index (χ4v) is 3.55. The number of benzene rings is 3.